The van der Waals surface area contributed by atoms with Gasteiger partial charge in [0.2, 0.25) is 0 Å². The molecule has 2 amide bonds. The van der Waals surface area contributed by atoms with Crippen LogP contribution in [0.2, 0.25) is 0 Å². The number of hydrogen-bond acceptors (Lipinski definition) is 5. The molecule has 0 bridgehead atoms. The fraction of sp³-hybridized carbons (Fsp3) is 0.308. The highest BCUT2D eigenvalue weighted by atomic mass is 16.5. The highest BCUT2D eigenvalue weighted by Crippen LogP contribution is 2.44. The number of anilines is 1. The number of aliphatic carboxylic acids is 1. The molecule has 0 radical (unpaired) electrons. The third kappa shape index (κ3) is 4.75. The minimum atomic E-state index is -0.972. The minimum Gasteiger partial charge on any atom is -0.481 e. The second-order valence-electron chi connectivity index (χ2n) is 9.03. The second-order valence-corrected chi connectivity index (χ2v) is 9.03. The van der Waals surface area contributed by atoms with Crippen LogP contribution in [0.3, 0.4) is 0 Å². The van der Waals surface area contributed by atoms with Gasteiger partial charge < -0.3 is 15.2 Å². The number of carbonyl (C=O) groups is 3. The molecule has 0 aliphatic heterocycles. The molecule has 35 heavy (non-hydrogen) atoms. The van der Waals surface area contributed by atoms with Gasteiger partial charge in [-0.2, -0.15) is 5.10 Å². The van der Waals surface area contributed by atoms with Crippen LogP contribution in [0.15, 0.2) is 54.7 Å². The Hall–Kier alpha value is -4.14. The average Bonchev–Trinajstić information content (AvgIpc) is 3.55. The topological polar surface area (TPSA) is 123 Å². The summed E-state index contributed by atoms with van der Waals surface area (Å²) in [7, 11) is 1.63. The number of carboxylic acid groups (broad SMARTS) is 1. The highest BCUT2D eigenvalue weighted by molar-refractivity contribution is 6.01. The van der Waals surface area contributed by atoms with E-state index in [-0.39, 0.29) is 36.2 Å². The van der Waals surface area contributed by atoms with E-state index in [4.69, 9.17) is 9.84 Å². The van der Waals surface area contributed by atoms with Crippen molar-refractivity contribution < 1.29 is 24.2 Å². The molecule has 1 aromatic heterocycles. The predicted octanol–water partition coefficient (Wildman–Crippen LogP) is 3.76. The molecule has 1 unspecified atom stereocenters. The molecule has 0 spiro atoms. The smallest absolute Gasteiger partial charge is 0.411 e. The SMILES string of the molecule is Cn1cc(NC(=O)OCC2c3ccccc3-c3ccccc32)c(C(=O)NC(CC(=O)O)C2CC2)n1. The molecule has 5 rings (SSSR count). The fourth-order valence-corrected chi connectivity index (χ4v) is 4.75. The molecule has 3 aromatic rings. The van der Waals surface area contributed by atoms with Crippen molar-refractivity contribution in [2.75, 3.05) is 11.9 Å². The van der Waals surface area contributed by atoms with Gasteiger partial charge in [0.15, 0.2) is 5.69 Å². The van der Waals surface area contributed by atoms with Crippen LogP contribution in [-0.2, 0) is 16.6 Å². The summed E-state index contributed by atoms with van der Waals surface area (Å²) in [5.74, 6) is -1.43. The van der Waals surface area contributed by atoms with Gasteiger partial charge in [0.25, 0.3) is 5.91 Å². The summed E-state index contributed by atoms with van der Waals surface area (Å²) in [5, 5.41) is 18.7. The van der Waals surface area contributed by atoms with Crippen molar-refractivity contribution in [3.05, 3.63) is 71.5 Å². The van der Waals surface area contributed by atoms with Crippen LogP contribution >= 0.6 is 0 Å². The third-order valence-corrected chi connectivity index (χ3v) is 6.53. The Morgan fingerprint density at radius 2 is 1.71 bits per heavy atom. The maximum atomic E-state index is 12.9. The van der Waals surface area contributed by atoms with Gasteiger partial charge in [0, 0.05) is 25.2 Å². The van der Waals surface area contributed by atoms with E-state index in [0.29, 0.717) is 0 Å². The lowest BCUT2D eigenvalue weighted by Gasteiger charge is -2.16. The second kappa shape index (κ2) is 9.25. The number of hydrogen-bond donors (Lipinski definition) is 3. The molecule has 1 saturated carbocycles. The fourth-order valence-electron chi connectivity index (χ4n) is 4.75. The molecule has 2 aliphatic carbocycles. The summed E-state index contributed by atoms with van der Waals surface area (Å²) in [6, 6.07) is 15.7. The van der Waals surface area contributed by atoms with Gasteiger partial charge in [-0.3, -0.25) is 19.6 Å². The number of benzene rings is 2. The van der Waals surface area contributed by atoms with E-state index in [1.165, 1.54) is 10.9 Å². The Balaban J connectivity index is 1.26. The number of nitrogens with zero attached hydrogens (tertiary/aromatic N) is 2. The third-order valence-electron chi connectivity index (χ3n) is 6.53. The molecule has 9 nitrogen and oxygen atoms in total. The molecular formula is C26H26N4O5. The number of rotatable bonds is 8. The van der Waals surface area contributed by atoms with Crippen LogP contribution < -0.4 is 10.6 Å². The molecule has 9 heteroatoms. The lowest BCUT2D eigenvalue weighted by atomic mass is 9.98. The minimum absolute atomic E-state index is 0.0112. The molecular weight excluding hydrogens is 448 g/mol. The maximum absolute atomic E-state index is 12.9. The summed E-state index contributed by atoms with van der Waals surface area (Å²) < 4.78 is 6.99. The summed E-state index contributed by atoms with van der Waals surface area (Å²) in [6.07, 6.45) is 2.42. The standard InChI is InChI=1S/C26H26N4O5/c1-30-13-22(24(29-30)25(33)27-21(12-23(31)32)15-10-11-15)28-26(34)35-14-20-18-8-4-2-6-16(18)17-7-3-5-9-19(17)20/h2-9,13,15,20-21H,10-12,14H2,1H3,(H,27,33)(H,28,34)(H,31,32). The Labute approximate surface area is 202 Å². The van der Waals surface area contributed by atoms with E-state index >= 15 is 0 Å². The van der Waals surface area contributed by atoms with E-state index in [2.05, 4.69) is 27.9 Å². The van der Waals surface area contributed by atoms with Crippen LogP contribution in [0.1, 0.15) is 46.8 Å². The van der Waals surface area contributed by atoms with Crippen molar-refractivity contribution in [1.82, 2.24) is 15.1 Å². The molecule has 1 fully saturated rings. The van der Waals surface area contributed by atoms with Crippen molar-refractivity contribution in [2.24, 2.45) is 13.0 Å². The Bertz CT molecular complexity index is 1250. The molecule has 2 aliphatic rings. The number of aromatic nitrogens is 2. The number of carboxylic acids is 1. The number of ether oxygens (including phenoxy) is 1. The summed E-state index contributed by atoms with van der Waals surface area (Å²) in [6.45, 7) is 0.143. The van der Waals surface area contributed by atoms with Gasteiger partial charge in [-0.25, -0.2) is 4.79 Å². The molecule has 0 saturated heterocycles. The number of carbonyl (C=O) groups excluding carboxylic acids is 2. The van der Waals surface area contributed by atoms with Gasteiger partial charge in [0.05, 0.1) is 12.1 Å². The molecule has 1 atom stereocenters. The maximum Gasteiger partial charge on any atom is 0.411 e. The van der Waals surface area contributed by atoms with Crippen molar-refractivity contribution >= 4 is 23.7 Å². The van der Waals surface area contributed by atoms with Gasteiger partial charge in [-0.1, -0.05) is 48.5 Å². The first-order valence-electron chi connectivity index (χ1n) is 11.6. The largest absolute Gasteiger partial charge is 0.481 e. The van der Waals surface area contributed by atoms with Gasteiger partial charge in [0.1, 0.15) is 6.61 Å². The zero-order valence-electron chi connectivity index (χ0n) is 19.2. The first-order chi connectivity index (χ1) is 16.9. The average molecular weight is 475 g/mol. The number of aryl methyl sites for hydroxylation is 1. The van der Waals surface area contributed by atoms with Crippen molar-refractivity contribution in [2.45, 2.75) is 31.2 Å². The van der Waals surface area contributed by atoms with E-state index in [9.17, 15) is 14.4 Å². The van der Waals surface area contributed by atoms with E-state index < -0.39 is 24.0 Å². The van der Waals surface area contributed by atoms with Crippen molar-refractivity contribution in [3.63, 3.8) is 0 Å². The van der Waals surface area contributed by atoms with E-state index in [1.807, 2.05) is 36.4 Å². The lowest BCUT2D eigenvalue weighted by molar-refractivity contribution is -0.137. The van der Waals surface area contributed by atoms with Gasteiger partial charge >= 0.3 is 12.1 Å². The normalized spacial score (nSPS) is 15.1. The molecule has 180 valence electrons. The van der Waals surface area contributed by atoms with Gasteiger partial charge in [-0.15, -0.1) is 0 Å². The van der Waals surface area contributed by atoms with Crippen molar-refractivity contribution in [3.8, 4) is 11.1 Å². The number of amides is 2. The summed E-state index contributed by atoms with van der Waals surface area (Å²) >= 11 is 0. The van der Waals surface area contributed by atoms with Crippen LogP contribution in [0.25, 0.3) is 11.1 Å². The zero-order valence-corrected chi connectivity index (χ0v) is 19.2. The first kappa shape index (κ1) is 22.6. The van der Waals surface area contributed by atoms with Crippen LogP contribution in [0, 0.1) is 5.92 Å². The van der Waals surface area contributed by atoms with Crippen LogP contribution in [-0.4, -0.2) is 45.5 Å². The van der Waals surface area contributed by atoms with Crippen molar-refractivity contribution in [1.29, 1.82) is 0 Å². The Morgan fingerprint density at radius 3 is 2.31 bits per heavy atom. The zero-order chi connectivity index (χ0) is 24.5. The summed E-state index contributed by atoms with van der Waals surface area (Å²) in [4.78, 5) is 36.7. The quantitative estimate of drug-likeness (QED) is 0.457. The van der Waals surface area contributed by atoms with E-state index in [0.717, 1.165) is 35.1 Å². The highest BCUT2D eigenvalue weighted by Gasteiger charge is 2.35. The molecule has 2 aromatic carbocycles. The number of nitrogens with one attached hydrogen (secondary N) is 2. The Morgan fingerprint density at radius 1 is 1.09 bits per heavy atom. The van der Waals surface area contributed by atoms with Crippen LogP contribution in [0.4, 0.5) is 10.5 Å². The predicted molar refractivity (Wildman–Crippen MR) is 128 cm³/mol. The van der Waals surface area contributed by atoms with Gasteiger partial charge in [-0.05, 0) is 41.0 Å². The summed E-state index contributed by atoms with van der Waals surface area (Å²) in [5.41, 5.74) is 4.69. The van der Waals surface area contributed by atoms with Crippen LogP contribution in [0.5, 0.6) is 0 Å². The molecule has 3 N–H and O–H groups in total. The Kier molecular flexibility index (Phi) is 5.98. The molecule has 1 heterocycles. The number of fused-ring (bicyclic) bond motifs is 3. The lowest BCUT2D eigenvalue weighted by Crippen LogP contribution is -2.38. The monoisotopic (exact) mass is 474 g/mol. The first-order valence-corrected chi connectivity index (χ1v) is 11.6. The van der Waals surface area contributed by atoms with E-state index in [1.54, 1.807) is 7.05 Å².